The highest BCUT2D eigenvalue weighted by atomic mass is 16.6. The number of hydroxylamine groups is 1. The standard InChI is InChI=1S/C11H14N2O2/c1-15-13-11(14)10-7-6-8-4-2-3-5-9(8)12-10/h2-5,10,12H,6-7H2,1H3,(H,13,14). The van der Waals surface area contributed by atoms with Gasteiger partial charge in [-0.1, -0.05) is 18.2 Å². The lowest BCUT2D eigenvalue weighted by molar-refractivity contribution is -0.132. The van der Waals surface area contributed by atoms with E-state index in [0.29, 0.717) is 0 Å². The Bertz CT molecular complexity index is 365. The van der Waals surface area contributed by atoms with Gasteiger partial charge in [-0.15, -0.1) is 0 Å². The van der Waals surface area contributed by atoms with Crippen molar-refractivity contribution in [2.75, 3.05) is 12.4 Å². The fraction of sp³-hybridized carbons (Fsp3) is 0.364. The molecule has 4 nitrogen and oxygen atoms in total. The molecule has 0 saturated heterocycles. The first-order chi connectivity index (χ1) is 7.31. The molecule has 0 spiro atoms. The molecule has 2 N–H and O–H groups in total. The van der Waals surface area contributed by atoms with Gasteiger partial charge in [0.05, 0.1) is 7.11 Å². The van der Waals surface area contributed by atoms with Crippen molar-refractivity contribution in [2.45, 2.75) is 18.9 Å². The third kappa shape index (κ3) is 2.10. The van der Waals surface area contributed by atoms with Crippen LogP contribution in [0.5, 0.6) is 0 Å². The van der Waals surface area contributed by atoms with E-state index >= 15 is 0 Å². The Balaban J connectivity index is 2.08. The molecule has 1 amide bonds. The number of benzene rings is 1. The molecule has 1 aliphatic heterocycles. The van der Waals surface area contributed by atoms with Crippen LogP contribution in [-0.2, 0) is 16.1 Å². The van der Waals surface area contributed by atoms with Crippen LogP contribution in [0.25, 0.3) is 0 Å². The smallest absolute Gasteiger partial charge is 0.265 e. The Hall–Kier alpha value is -1.55. The lowest BCUT2D eigenvalue weighted by Crippen LogP contribution is -2.41. The number of fused-ring (bicyclic) bond motifs is 1. The third-order valence-corrected chi connectivity index (χ3v) is 2.57. The van der Waals surface area contributed by atoms with Gasteiger partial charge < -0.3 is 5.32 Å². The number of carbonyl (C=O) groups excluding carboxylic acids is 1. The molecular formula is C11H14N2O2. The van der Waals surface area contributed by atoms with E-state index in [9.17, 15) is 4.79 Å². The zero-order valence-electron chi connectivity index (χ0n) is 8.62. The molecule has 1 aromatic carbocycles. The van der Waals surface area contributed by atoms with E-state index in [1.165, 1.54) is 12.7 Å². The molecule has 2 rings (SSSR count). The molecule has 1 aromatic rings. The van der Waals surface area contributed by atoms with Gasteiger partial charge in [0.15, 0.2) is 0 Å². The lowest BCUT2D eigenvalue weighted by Gasteiger charge is -2.25. The van der Waals surface area contributed by atoms with Crippen LogP contribution in [0.1, 0.15) is 12.0 Å². The van der Waals surface area contributed by atoms with Crippen molar-refractivity contribution in [1.29, 1.82) is 0 Å². The number of aryl methyl sites for hydroxylation is 1. The minimum atomic E-state index is -0.195. The zero-order valence-corrected chi connectivity index (χ0v) is 8.62. The van der Waals surface area contributed by atoms with E-state index < -0.39 is 0 Å². The van der Waals surface area contributed by atoms with Crippen molar-refractivity contribution in [2.24, 2.45) is 0 Å². The predicted molar refractivity (Wildman–Crippen MR) is 57.3 cm³/mol. The maximum Gasteiger partial charge on any atom is 0.265 e. The van der Waals surface area contributed by atoms with Crippen molar-refractivity contribution in [3.8, 4) is 0 Å². The Morgan fingerprint density at radius 3 is 3.13 bits per heavy atom. The van der Waals surface area contributed by atoms with Crippen molar-refractivity contribution >= 4 is 11.6 Å². The topological polar surface area (TPSA) is 50.4 Å². The van der Waals surface area contributed by atoms with Crippen LogP contribution in [0.3, 0.4) is 0 Å². The summed E-state index contributed by atoms with van der Waals surface area (Å²) in [5.74, 6) is -0.119. The fourth-order valence-electron chi connectivity index (χ4n) is 1.81. The van der Waals surface area contributed by atoms with E-state index in [1.807, 2.05) is 18.2 Å². The Labute approximate surface area is 88.6 Å². The molecule has 0 saturated carbocycles. The van der Waals surface area contributed by atoms with Crippen LogP contribution in [0.2, 0.25) is 0 Å². The van der Waals surface area contributed by atoms with Crippen LogP contribution in [0.15, 0.2) is 24.3 Å². The highest BCUT2D eigenvalue weighted by Gasteiger charge is 2.23. The summed E-state index contributed by atoms with van der Waals surface area (Å²) >= 11 is 0. The second-order valence-electron chi connectivity index (χ2n) is 3.56. The lowest BCUT2D eigenvalue weighted by atomic mass is 9.98. The maximum absolute atomic E-state index is 11.5. The summed E-state index contributed by atoms with van der Waals surface area (Å²) in [6.07, 6.45) is 1.72. The first kappa shape index (κ1) is 9.98. The highest BCUT2D eigenvalue weighted by molar-refractivity contribution is 5.84. The quantitative estimate of drug-likeness (QED) is 0.712. The maximum atomic E-state index is 11.5. The van der Waals surface area contributed by atoms with Crippen LogP contribution >= 0.6 is 0 Å². The molecule has 0 aliphatic carbocycles. The van der Waals surface area contributed by atoms with Gasteiger partial charge in [0.25, 0.3) is 5.91 Å². The van der Waals surface area contributed by atoms with Gasteiger partial charge in [-0.05, 0) is 24.5 Å². The van der Waals surface area contributed by atoms with E-state index in [2.05, 4.69) is 21.7 Å². The predicted octanol–water partition coefficient (Wildman–Crippen LogP) is 1.09. The van der Waals surface area contributed by atoms with Crippen LogP contribution < -0.4 is 10.8 Å². The van der Waals surface area contributed by atoms with Crippen molar-refractivity contribution < 1.29 is 9.63 Å². The number of amides is 1. The normalized spacial score (nSPS) is 18.9. The van der Waals surface area contributed by atoms with E-state index in [0.717, 1.165) is 18.5 Å². The van der Waals surface area contributed by atoms with Gasteiger partial charge in [0, 0.05) is 5.69 Å². The molecule has 1 atom stereocenters. The van der Waals surface area contributed by atoms with Crippen molar-refractivity contribution in [3.05, 3.63) is 29.8 Å². The molecule has 1 heterocycles. The number of hydrogen-bond donors (Lipinski definition) is 2. The van der Waals surface area contributed by atoms with Crippen molar-refractivity contribution in [1.82, 2.24) is 5.48 Å². The molecule has 1 unspecified atom stereocenters. The zero-order chi connectivity index (χ0) is 10.7. The van der Waals surface area contributed by atoms with Gasteiger partial charge in [-0.3, -0.25) is 9.63 Å². The first-order valence-electron chi connectivity index (χ1n) is 4.98. The Morgan fingerprint density at radius 2 is 2.33 bits per heavy atom. The van der Waals surface area contributed by atoms with E-state index in [1.54, 1.807) is 0 Å². The monoisotopic (exact) mass is 206 g/mol. The van der Waals surface area contributed by atoms with Gasteiger partial charge in [-0.25, -0.2) is 5.48 Å². The number of carbonyl (C=O) groups is 1. The second-order valence-corrected chi connectivity index (χ2v) is 3.56. The van der Waals surface area contributed by atoms with Crippen molar-refractivity contribution in [3.63, 3.8) is 0 Å². The average molecular weight is 206 g/mol. The number of nitrogens with one attached hydrogen (secondary N) is 2. The molecule has 0 radical (unpaired) electrons. The molecule has 0 bridgehead atoms. The second kappa shape index (κ2) is 4.31. The summed E-state index contributed by atoms with van der Waals surface area (Å²) in [7, 11) is 1.44. The Kier molecular flexibility index (Phi) is 2.87. The minimum Gasteiger partial charge on any atom is -0.373 e. The number of rotatable bonds is 2. The van der Waals surface area contributed by atoms with Crippen LogP contribution in [0, 0.1) is 0 Å². The van der Waals surface area contributed by atoms with E-state index in [-0.39, 0.29) is 11.9 Å². The molecule has 0 aromatic heterocycles. The van der Waals surface area contributed by atoms with Gasteiger partial charge >= 0.3 is 0 Å². The summed E-state index contributed by atoms with van der Waals surface area (Å²) in [5.41, 5.74) is 4.65. The summed E-state index contributed by atoms with van der Waals surface area (Å²) in [5, 5.41) is 3.19. The third-order valence-electron chi connectivity index (χ3n) is 2.57. The fourth-order valence-corrected chi connectivity index (χ4v) is 1.81. The highest BCUT2D eigenvalue weighted by Crippen LogP contribution is 2.24. The molecule has 1 aliphatic rings. The molecule has 15 heavy (non-hydrogen) atoms. The molecule has 4 heteroatoms. The summed E-state index contributed by atoms with van der Waals surface area (Å²) in [6, 6.07) is 7.84. The van der Waals surface area contributed by atoms with Gasteiger partial charge in [0.1, 0.15) is 6.04 Å². The van der Waals surface area contributed by atoms with Crippen LogP contribution in [-0.4, -0.2) is 19.1 Å². The van der Waals surface area contributed by atoms with Crippen LogP contribution in [0.4, 0.5) is 5.69 Å². The first-order valence-corrected chi connectivity index (χ1v) is 4.98. The summed E-state index contributed by atoms with van der Waals surface area (Å²) in [6.45, 7) is 0. The average Bonchev–Trinajstić information content (AvgIpc) is 2.29. The summed E-state index contributed by atoms with van der Waals surface area (Å²) < 4.78 is 0. The largest absolute Gasteiger partial charge is 0.373 e. The van der Waals surface area contributed by atoms with E-state index in [4.69, 9.17) is 0 Å². The number of hydrogen-bond acceptors (Lipinski definition) is 3. The number of anilines is 1. The molecule has 0 fully saturated rings. The summed E-state index contributed by atoms with van der Waals surface area (Å²) in [4.78, 5) is 16.1. The molecule has 80 valence electrons. The minimum absolute atomic E-state index is 0.119. The Morgan fingerprint density at radius 1 is 1.53 bits per heavy atom. The number of para-hydroxylation sites is 1. The SMILES string of the molecule is CONC(=O)C1CCc2ccccc2N1. The van der Waals surface area contributed by atoms with Gasteiger partial charge in [-0.2, -0.15) is 0 Å². The van der Waals surface area contributed by atoms with Gasteiger partial charge in [0.2, 0.25) is 0 Å². The molecular weight excluding hydrogens is 192 g/mol.